The SMILES string of the molecule is [CH2]n1ccc(C2CC2)n1. The zero-order valence-electron chi connectivity index (χ0n) is 5.25. The summed E-state index contributed by atoms with van der Waals surface area (Å²) in [7, 11) is 3.66. The highest BCUT2D eigenvalue weighted by Gasteiger charge is 2.25. The Morgan fingerprint density at radius 2 is 2.44 bits per heavy atom. The molecule has 0 aromatic carbocycles. The van der Waals surface area contributed by atoms with Crippen LogP contribution in [0.2, 0.25) is 0 Å². The maximum atomic E-state index is 4.18. The zero-order valence-corrected chi connectivity index (χ0v) is 5.25. The second-order valence-electron chi connectivity index (χ2n) is 2.55. The molecule has 2 heteroatoms. The minimum absolute atomic E-state index is 0.757. The van der Waals surface area contributed by atoms with Crippen LogP contribution in [0.5, 0.6) is 0 Å². The Bertz CT molecular complexity index is 210. The fourth-order valence-electron chi connectivity index (χ4n) is 0.974. The lowest BCUT2D eigenvalue weighted by molar-refractivity contribution is 0.834. The molecule has 0 amide bonds. The molecule has 1 radical (unpaired) electrons. The second-order valence-corrected chi connectivity index (χ2v) is 2.55. The van der Waals surface area contributed by atoms with Crippen molar-refractivity contribution in [2.45, 2.75) is 18.8 Å². The molecule has 1 saturated carbocycles. The van der Waals surface area contributed by atoms with Gasteiger partial charge < -0.3 is 0 Å². The Morgan fingerprint density at radius 1 is 1.67 bits per heavy atom. The van der Waals surface area contributed by atoms with Crippen molar-refractivity contribution in [1.29, 1.82) is 0 Å². The molecule has 1 fully saturated rings. The Balaban J connectivity index is 2.28. The fourth-order valence-corrected chi connectivity index (χ4v) is 0.974. The highest BCUT2D eigenvalue weighted by molar-refractivity contribution is 5.12. The van der Waals surface area contributed by atoms with Gasteiger partial charge in [-0.3, -0.25) is 4.68 Å². The van der Waals surface area contributed by atoms with Gasteiger partial charge in [0.05, 0.1) is 12.7 Å². The summed E-state index contributed by atoms with van der Waals surface area (Å²) in [6.45, 7) is 0. The molecule has 1 heterocycles. The smallest absolute Gasteiger partial charge is 0.0655 e. The average molecular weight is 121 g/mol. The summed E-state index contributed by atoms with van der Waals surface area (Å²) in [5.74, 6) is 0.757. The summed E-state index contributed by atoms with van der Waals surface area (Å²) in [5, 5.41) is 4.18. The van der Waals surface area contributed by atoms with E-state index in [-0.39, 0.29) is 0 Å². The summed E-state index contributed by atoms with van der Waals surface area (Å²) in [5.41, 5.74) is 1.21. The summed E-state index contributed by atoms with van der Waals surface area (Å²) in [6, 6.07) is 2.05. The van der Waals surface area contributed by atoms with Crippen LogP contribution in [-0.4, -0.2) is 9.78 Å². The van der Waals surface area contributed by atoms with E-state index in [4.69, 9.17) is 0 Å². The Morgan fingerprint density at radius 3 is 2.89 bits per heavy atom. The van der Waals surface area contributed by atoms with E-state index in [1.54, 1.807) is 4.68 Å². The van der Waals surface area contributed by atoms with Gasteiger partial charge in [0, 0.05) is 12.1 Å². The van der Waals surface area contributed by atoms with Crippen LogP contribution in [0, 0.1) is 7.05 Å². The fraction of sp³-hybridized carbons (Fsp3) is 0.429. The van der Waals surface area contributed by atoms with Crippen LogP contribution in [0.25, 0.3) is 0 Å². The maximum absolute atomic E-state index is 4.18. The Kier molecular flexibility index (Phi) is 0.891. The average Bonchev–Trinajstić information content (AvgIpc) is 2.58. The van der Waals surface area contributed by atoms with Crippen LogP contribution in [0.15, 0.2) is 12.3 Å². The minimum Gasteiger partial charge on any atom is -0.271 e. The Labute approximate surface area is 54.5 Å². The van der Waals surface area contributed by atoms with E-state index < -0.39 is 0 Å². The molecule has 2 nitrogen and oxygen atoms in total. The second kappa shape index (κ2) is 1.59. The summed E-state index contributed by atoms with van der Waals surface area (Å²) >= 11 is 0. The van der Waals surface area contributed by atoms with E-state index in [0.29, 0.717) is 0 Å². The van der Waals surface area contributed by atoms with Crippen molar-refractivity contribution < 1.29 is 0 Å². The molecule has 9 heavy (non-hydrogen) atoms. The predicted octanol–water partition coefficient (Wildman–Crippen LogP) is 1.40. The van der Waals surface area contributed by atoms with Gasteiger partial charge in [0.2, 0.25) is 0 Å². The number of hydrogen-bond acceptors (Lipinski definition) is 1. The van der Waals surface area contributed by atoms with E-state index in [1.807, 2.05) is 12.3 Å². The van der Waals surface area contributed by atoms with Crippen molar-refractivity contribution in [3.63, 3.8) is 0 Å². The molecule has 2 rings (SSSR count). The largest absolute Gasteiger partial charge is 0.271 e. The van der Waals surface area contributed by atoms with Crippen LogP contribution in [-0.2, 0) is 0 Å². The zero-order chi connectivity index (χ0) is 6.27. The first-order valence-corrected chi connectivity index (χ1v) is 3.23. The van der Waals surface area contributed by atoms with Gasteiger partial charge in [0.25, 0.3) is 0 Å². The lowest BCUT2D eigenvalue weighted by Crippen LogP contribution is -1.86. The first-order valence-electron chi connectivity index (χ1n) is 3.23. The standard InChI is InChI=1S/C7H9N2/c1-9-5-4-7(8-9)6-2-3-6/h4-6H,1-3H2. The molecule has 0 spiro atoms. The minimum atomic E-state index is 0.757. The third-order valence-electron chi connectivity index (χ3n) is 1.66. The molecule has 0 N–H and O–H groups in total. The quantitative estimate of drug-likeness (QED) is 0.549. The van der Waals surface area contributed by atoms with Crippen molar-refractivity contribution in [3.05, 3.63) is 25.0 Å². The molecular weight excluding hydrogens is 112 g/mol. The maximum Gasteiger partial charge on any atom is 0.0655 e. The number of nitrogens with zero attached hydrogens (tertiary/aromatic N) is 2. The Hall–Kier alpha value is -0.790. The van der Waals surface area contributed by atoms with Gasteiger partial charge in [-0.25, -0.2) is 0 Å². The van der Waals surface area contributed by atoms with Gasteiger partial charge in [-0.1, -0.05) is 0 Å². The van der Waals surface area contributed by atoms with E-state index in [0.717, 1.165) is 5.92 Å². The van der Waals surface area contributed by atoms with Crippen molar-refractivity contribution in [2.75, 3.05) is 0 Å². The topological polar surface area (TPSA) is 17.8 Å². The first kappa shape index (κ1) is 5.03. The predicted molar refractivity (Wildman–Crippen MR) is 35.0 cm³/mol. The molecule has 1 aliphatic rings. The van der Waals surface area contributed by atoms with E-state index in [9.17, 15) is 0 Å². The number of aromatic nitrogens is 2. The third kappa shape index (κ3) is 0.846. The third-order valence-corrected chi connectivity index (χ3v) is 1.66. The highest BCUT2D eigenvalue weighted by atomic mass is 15.2. The molecule has 1 aliphatic carbocycles. The molecule has 47 valence electrons. The molecule has 1 aromatic rings. The first-order chi connectivity index (χ1) is 4.36. The van der Waals surface area contributed by atoms with Crippen LogP contribution >= 0.6 is 0 Å². The number of rotatable bonds is 1. The molecule has 0 bridgehead atoms. The molecule has 0 atom stereocenters. The summed E-state index contributed by atoms with van der Waals surface area (Å²) in [6.07, 6.45) is 4.53. The van der Waals surface area contributed by atoms with E-state index in [2.05, 4.69) is 12.1 Å². The highest BCUT2D eigenvalue weighted by Crippen LogP contribution is 2.38. The lowest BCUT2D eigenvalue weighted by atomic mass is 10.3. The molecule has 0 aliphatic heterocycles. The van der Waals surface area contributed by atoms with Gasteiger partial charge in [-0.15, -0.1) is 0 Å². The van der Waals surface area contributed by atoms with Crippen molar-refractivity contribution in [3.8, 4) is 0 Å². The summed E-state index contributed by atoms with van der Waals surface area (Å²) < 4.78 is 1.62. The molecule has 0 unspecified atom stereocenters. The van der Waals surface area contributed by atoms with Crippen LogP contribution < -0.4 is 0 Å². The van der Waals surface area contributed by atoms with Crippen molar-refractivity contribution in [2.24, 2.45) is 0 Å². The van der Waals surface area contributed by atoms with Gasteiger partial charge in [-0.05, 0) is 18.9 Å². The monoisotopic (exact) mass is 121 g/mol. The lowest BCUT2D eigenvalue weighted by Gasteiger charge is -1.85. The molecule has 1 aromatic heterocycles. The summed E-state index contributed by atoms with van der Waals surface area (Å²) in [4.78, 5) is 0. The van der Waals surface area contributed by atoms with E-state index >= 15 is 0 Å². The van der Waals surface area contributed by atoms with Gasteiger partial charge in [0.15, 0.2) is 0 Å². The van der Waals surface area contributed by atoms with Crippen LogP contribution in [0.3, 0.4) is 0 Å². The number of hydrogen-bond donors (Lipinski definition) is 0. The van der Waals surface area contributed by atoms with Gasteiger partial charge >= 0.3 is 0 Å². The van der Waals surface area contributed by atoms with E-state index in [1.165, 1.54) is 18.5 Å². The molecular formula is C7H9N2. The van der Waals surface area contributed by atoms with Crippen molar-refractivity contribution >= 4 is 0 Å². The molecule has 0 saturated heterocycles. The van der Waals surface area contributed by atoms with Crippen LogP contribution in [0.4, 0.5) is 0 Å². The van der Waals surface area contributed by atoms with Crippen LogP contribution in [0.1, 0.15) is 24.5 Å². The van der Waals surface area contributed by atoms with Gasteiger partial charge in [0.1, 0.15) is 0 Å². The van der Waals surface area contributed by atoms with Crippen molar-refractivity contribution in [1.82, 2.24) is 9.78 Å². The normalized spacial score (nSPS) is 18.3. The van der Waals surface area contributed by atoms with Gasteiger partial charge in [-0.2, -0.15) is 5.10 Å².